The fourth-order valence-electron chi connectivity index (χ4n) is 1.25. The monoisotopic (exact) mass is 305 g/mol. The number of benzene rings is 1. The van der Waals surface area contributed by atoms with E-state index in [9.17, 15) is 31.1 Å². The Labute approximate surface area is 108 Å². The Bertz CT molecular complexity index is 482. The van der Waals surface area contributed by atoms with Crippen molar-refractivity contribution in [3.8, 4) is 0 Å². The van der Waals surface area contributed by atoms with Crippen LogP contribution in [0.4, 0.5) is 32.0 Å². The highest BCUT2D eigenvalue weighted by atomic mass is 35.5. The Hall–Kier alpha value is -1.44. The normalized spacial score (nSPS) is 12.4. The van der Waals surface area contributed by atoms with Gasteiger partial charge in [0.1, 0.15) is 5.88 Å². The van der Waals surface area contributed by atoms with Gasteiger partial charge in [-0.25, -0.2) is 0 Å². The molecule has 0 heterocycles. The zero-order valence-corrected chi connectivity index (χ0v) is 9.75. The zero-order valence-electron chi connectivity index (χ0n) is 8.99. The number of hydrogen-bond donors (Lipinski definition) is 1. The van der Waals surface area contributed by atoms with E-state index in [1.54, 1.807) is 5.32 Å². The Morgan fingerprint density at radius 3 is 2.11 bits per heavy atom. The second kappa shape index (κ2) is 5.28. The van der Waals surface area contributed by atoms with Gasteiger partial charge >= 0.3 is 12.4 Å². The minimum atomic E-state index is -5.03. The van der Waals surface area contributed by atoms with Gasteiger partial charge in [0.05, 0.1) is 16.8 Å². The smallest absolute Gasteiger partial charge is 0.324 e. The van der Waals surface area contributed by atoms with Crippen molar-refractivity contribution < 1.29 is 31.1 Å². The van der Waals surface area contributed by atoms with Crippen LogP contribution in [-0.2, 0) is 17.1 Å². The van der Waals surface area contributed by atoms with E-state index in [1.807, 2.05) is 0 Å². The predicted molar refractivity (Wildman–Crippen MR) is 55.8 cm³/mol. The standard InChI is InChI=1S/C10H6ClF6NO/c11-4-8(19)18-7-2-1-5(9(12,13)14)3-6(7)10(15,16)17/h1-3H,4H2,(H,18,19). The van der Waals surface area contributed by atoms with Gasteiger partial charge in [0.25, 0.3) is 0 Å². The fraction of sp³-hybridized carbons (Fsp3) is 0.300. The van der Waals surface area contributed by atoms with Crippen LogP contribution in [0.15, 0.2) is 18.2 Å². The molecule has 0 aromatic heterocycles. The molecule has 1 aromatic carbocycles. The Morgan fingerprint density at radius 1 is 1.11 bits per heavy atom. The van der Waals surface area contributed by atoms with E-state index >= 15 is 0 Å². The Balaban J connectivity index is 3.29. The molecule has 1 aromatic rings. The molecule has 1 rings (SSSR count). The first kappa shape index (κ1) is 15.6. The number of nitrogens with one attached hydrogen (secondary N) is 1. The number of amides is 1. The number of rotatable bonds is 2. The quantitative estimate of drug-likeness (QED) is 0.651. The lowest BCUT2D eigenvalue weighted by Crippen LogP contribution is -2.18. The fourth-order valence-corrected chi connectivity index (χ4v) is 1.31. The number of anilines is 1. The van der Waals surface area contributed by atoms with Crippen LogP contribution in [0.3, 0.4) is 0 Å². The first-order valence-corrected chi connectivity index (χ1v) is 5.23. The predicted octanol–water partition coefficient (Wildman–Crippen LogP) is 3.90. The highest BCUT2D eigenvalue weighted by Gasteiger charge is 2.38. The summed E-state index contributed by atoms with van der Waals surface area (Å²) in [6.45, 7) is 0. The number of alkyl halides is 7. The van der Waals surface area contributed by atoms with Gasteiger partial charge in [-0.05, 0) is 18.2 Å². The van der Waals surface area contributed by atoms with Crippen LogP contribution in [0, 0.1) is 0 Å². The minimum absolute atomic E-state index is 0.0656. The lowest BCUT2D eigenvalue weighted by Gasteiger charge is -2.16. The topological polar surface area (TPSA) is 29.1 Å². The van der Waals surface area contributed by atoms with Gasteiger partial charge in [0, 0.05) is 0 Å². The summed E-state index contributed by atoms with van der Waals surface area (Å²) in [7, 11) is 0. The van der Waals surface area contributed by atoms with Crippen molar-refractivity contribution in [1.29, 1.82) is 0 Å². The second-order valence-electron chi connectivity index (χ2n) is 3.44. The summed E-state index contributed by atoms with van der Waals surface area (Å²) in [5.74, 6) is -1.56. The maximum absolute atomic E-state index is 12.6. The van der Waals surface area contributed by atoms with Gasteiger partial charge in [-0.3, -0.25) is 4.79 Å². The summed E-state index contributed by atoms with van der Waals surface area (Å²) in [5.41, 5.74) is -3.81. The molecule has 0 aliphatic heterocycles. The van der Waals surface area contributed by atoms with Crippen molar-refractivity contribution in [2.45, 2.75) is 12.4 Å². The number of carbonyl (C=O) groups excluding carboxylic acids is 1. The third-order valence-electron chi connectivity index (χ3n) is 2.05. The third kappa shape index (κ3) is 4.02. The van der Waals surface area contributed by atoms with Crippen molar-refractivity contribution in [1.82, 2.24) is 0 Å². The van der Waals surface area contributed by atoms with Crippen LogP contribution in [0.1, 0.15) is 11.1 Å². The molecule has 0 atom stereocenters. The average molecular weight is 306 g/mol. The molecule has 0 spiro atoms. The minimum Gasteiger partial charge on any atom is -0.324 e. The first-order valence-electron chi connectivity index (χ1n) is 4.70. The summed E-state index contributed by atoms with van der Waals surface area (Å²) < 4.78 is 74.9. The maximum Gasteiger partial charge on any atom is 0.418 e. The average Bonchev–Trinajstić information content (AvgIpc) is 2.26. The number of hydrogen-bond acceptors (Lipinski definition) is 1. The third-order valence-corrected chi connectivity index (χ3v) is 2.29. The molecule has 0 saturated heterocycles. The molecule has 1 amide bonds. The van der Waals surface area contributed by atoms with E-state index in [-0.39, 0.29) is 6.07 Å². The molecule has 2 nitrogen and oxygen atoms in total. The summed E-state index contributed by atoms with van der Waals surface area (Å²) in [4.78, 5) is 10.9. The first-order chi connectivity index (χ1) is 8.55. The molecule has 0 aliphatic carbocycles. The molecule has 0 fully saturated rings. The number of carbonyl (C=O) groups is 1. The van der Waals surface area contributed by atoms with Gasteiger partial charge in [-0.2, -0.15) is 26.3 Å². The molecule has 0 bridgehead atoms. The van der Waals surface area contributed by atoms with E-state index < -0.39 is 41.0 Å². The molecule has 106 valence electrons. The second-order valence-corrected chi connectivity index (χ2v) is 3.70. The highest BCUT2D eigenvalue weighted by Crippen LogP contribution is 2.39. The summed E-state index contributed by atoms with van der Waals surface area (Å²) in [6, 6.07) is 0.916. The molecular weight excluding hydrogens is 300 g/mol. The van der Waals surface area contributed by atoms with Gasteiger partial charge in [-0.15, -0.1) is 11.6 Å². The van der Waals surface area contributed by atoms with E-state index in [4.69, 9.17) is 11.6 Å². The summed E-state index contributed by atoms with van der Waals surface area (Å²) in [5, 5.41) is 1.79. The molecule has 0 unspecified atom stereocenters. The maximum atomic E-state index is 12.6. The summed E-state index contributed by atoms with van der Waals surface area (Å²) >= 11 is 5.10. The van der Waals surface area contributed by atoms with Crippen LogP contribution in [0.25, 0.3) is 0 Å². The molecule has 1 N–H and O–H groups in total. The van der Waals surface area contributed by atoms with E-state index in [0.29, 0.717) is 12.1 Å². The Kier molecular flexibility index (Phi) is 4.34. The van der Waals surface area contributed by atoms with Gasteiger partial charge in [0.15, 0.2) is 0 Å². The van der Waals surface area contributed by atoms with Crippen LogP contribution in [0.5, 0.6) is 0 Å². The van der Waals surface area contributed by atoms with Crippen LogP contribution < -0.4 is 5.32 Å². The molecule has 0 radical (unpaired) electrons. The van der Waals surface area contributed by atoms with Crippen molar-refractivity contribution in [3.63, 3.8) is 0 Å². The zero-order chi connectivity index (χ0) is 14.8. The summed E-state index contributed by atoms with van der Waals surface area (Å²) in [6.07, 6.45) is -9.94. The molecule has 19 heavy (non-hydrogen) atoms. The molecule has 0 saturated carbocycles. The van der Waals surface area contributed by atoms with Crippen LogP contribution >= 0.6 is 11.6 Å². The van der Waals surface area contributed by atoms with Crippen LogP contribution in [-0.4, -0.2) is 11.8 Å². The largest absolute Gasteiger partial charge is 0.418 e. The van der Waals surface area contributed by atoms with Crippen LogP contribution in [0.2, 0.25) is 0 Å². The SMILES string of the molecule is O=C(CCl)Nc1ccc(C(F)(F)F)cc1C(F)(F)F. The highest BCUT2D eigenvalue weighted by molar-refractivity contribution is 6.29. The van der Waals surface area contributed by atoms with Gasteiger partial charge in [0.2, 0.25) is 5.91 Å². The van der Waals surface area contributed by atoms with E-state index in [1.165, 1.54) is 0 Å². The van der Waals surface area contributed by atoms with Gasteiger partial charge < -0.3 is 5.32 Å². The van der Waals surface area contributed by atoms with Crippen molar-refractivity contribution in [2.75, 3.05) is 11.2 Å². The van der Waals surface area contributed by atoms with E-state index in [2.05, 4.69) is 0 Å². The van der Waals surface area contributed by atoms with Gasteiger partial charge in [-0.1, -0.05) is 0 Å². The van der Waals surface area contributed by atoms with E-state index in [0.717, 1.165) is 0 Å². The molecular formula is C10H6ClF6NO. The van der Waals surface area contributed by atoms with Crippen molar-refractivity contribution >= 4 is 23.2 Å². The lowest BCUT2D eigenvalue weighted by molar-refractivity contribution is -0.142. The molecule has 0 aliphatic rings. The van der Waals surface area contributed by atoms with Crippen molar-refractivity contribution in [3.05, 3.63) is 29.3 Å². The number of halogens is 7. The molecule has 9 heteroatoms. The Morgan fingerprint density at radius 2 is 1.68 bits per heavy atom. The lowest BCUT2D eigenvalue weighted by atomic mass is 10.1. The van der Waals surface area contributed by atoms with Crippen molar-refractivity contribution in [2.24, 2.45) is 0 Å².